The zero-order valence-electron chi connectivity index (χ0n) is 15.0. The van der Waals surface area contributed by atoms with Crippen LogP contribution in [0.3, 0.4) is 0 Å². The number of ether oxygens (including phenoxy) is 1. The van der Waals surface area contributed by atoms with Crippen molar-refractivity contribution >= 4 is 29.0 Å². The van der Waals surface area contributed by atoms with Gasteiger partial charge in [0, 0.05) is 23.6 Å². The number of nitrogens with one attached hydrogen (secondary N) is 2. The van der Waals surface area contributed by atoms with Crippen LogP contribution in [0.5, 0.6) is 11.5 Å². The number of hydrogen-bond donors (Lipinski definition) is 2. The lowest BCUT2D eigenvalue weighted by Gasteiger charge is -2.12. The van der Waals surface area contributed by atoms with Crippen LogP contribution in [0.2, 0.25) is 5.02 Å². The monoisotopic (exact) mass is 432 g/mol. The minimum atomic E-state index is -4.64. The van der Waals surface area contributed by atoms with Crippen LogP contribution in [0.15, 0.2) is 60.8 Å². The summed E-state index contributed by atoms with van der Waals surface area (Å²) in [4.78, 5) is 15.9. The van der Waals surface area contributed by atoms with E-state index in [1.807, 2.05) is 6.07 Å². The predicted octanol–water partition coefficient (Wildman–Crippen LogP) is 6.06. The molecule has 2 aromatic carbocycles. The Balaban J connectivity index is 1.63. The Morgan fingerprint density at radius 1 is 1.00 bits per heavy atom. The van der Waals surface area contributed by atoms with Crippen LogP contribution < -0.4 is 15.4 Å². The number of amides is 2. The van der Waals surface area contributed by atoms with Crippen molar-refractivity contribution < 1.29 is 22.7 Å². The maximum absolute atomic E-state index is 12.9. The molecule has 30 heavy (non-hydrogen) atoms. The minimum absolute atomic E-state index is 0.0600. The molecule has 0 saturated carbocycles. The number of benzene rings is 2. The van der Waals surface area contributed by atoms with Gasteiger partial charge in [-0.05, 0) is 48.5 Å². The van der Waals surface area contributed by atoms with Crippen molar-refractivity contribution in [2.75, 3.05) is 10.6 Å². The minimum Gasteiger partial charge on any atom is -0.457 e. The number of carbonyl (C=O) groups is 1. The van der Waals surface area contributed by atoms with E-state index in [1.54, 1.807) is 30.3 Å². The fourth-order valence-electron chi connectivity index (χ4n) is 2.39. The zero-order valence-corrected chi connectivity index (χ0v) is 15.8. The van der Waals surface area contributed by atoms with Crippen molar-refractivity contribution in [2.24, 2.45) is 0 Å². The number of urea groups is 1. The van der Waals surface area contributed by atoms with Crippen molar-refractivity contribution in [3.8, 4) is 17.6 Å². The SMILES string of the molecule is N#Cc1cc(Oc2ccc(NC(=O)Nc3ccc(Cl)c(C(F)(F)F)c3)cc2)ccn1. The van der Waals surface area contributed by atoms with Crippen LogP contribution in [0.1, 0.15) is 11.3 Å². The molecule has 1 heterocycles. The standard InChI is InChI=1S/C20H12ClF3N4O2/c21-18-6-3-13(10-17(18)20(22,23)24)28-19(29)27-12-1-4-15(5-2-12)30-16-7-8-26-14(9-16)11-25/h1-10H,(H2,27,28,29). The first kappa shape index (κ1) is 21.0. The Labute approximate surface area is 173 Å². The van der Waals surface area contributed by atoms with Crippen molar-refractivity contribution in [1.29, 1.82) is 5.26 Å². The Morgan fingerprint density at radius 2 is 1.67 bits per heavy atom. The number of aromatic nitrogens is 1. The summed E-state index contributed by atoms with van der Waals surface area (Å²) in [5, 5.41) is 13.2. The van der Waals surface area contributed by atoms with Crippen molar-refractivity contribution in [3.05, 3.63) is 77.1 Å². The van der Waals surface area contributed by atoms with Gasteiger partial charge in [0.25, 0.3) is 0 Å². The highest BCUT2D eigenvalue weighted by atomic mass is 35.5. The maximum Gasteiger partial charge on any atom is 0.417 e. The van der Waals surface area contributed by atoms with E-state index in [0.717, 1.165) is 12.1 Å². The van der Waals surface area contributed by atoms with Gasteiger partial charge < -0.3 is 15.4 Å². The van der Waals surface area contributed by atoms with Gasteiger partial charge in [-0.1, -0.05) is 11.6 Å². The van der Waals surface area contributed by atoms with Gasteiger partial charge in [-0.2, -0.15) is 18.4 Å². The Morgan fingerprint density at radius 3 is 2.33 bits per heavy atom. The van der Waals surface area contributed by atoms with Crippen molar-refractivity contribution in [1.82, 2.24) is 4.98 Å². The Hall–Kier alpha value is -3.77. The highest BCUT2D eigenvalue weighted by Gasteiger charge is 2.33. The summed E-state index contributed by atoms with van der Waals surface area (Å²) in [5.41, 5.74) is -0.509. The van der Waals surface area contributed by atoms with E-state index in [2.05, 4.69) is 15.6 Å². The number of pyridine rings is 1. The summed E-state index contributed by atoms with van der Waals surface area (Å²) in [7, 11) is 0. The molecule has 0 unspecified atom stereocenters. The van der Waals surface area contributed by atoms with E-state index < -0.39 is 22.8 Å². The van der Waals surface area contributed by atoms with E-state index in [-0.39, 0.29) is 11.4 Å². The second-order valence-corrected chi connectivity index (χ2v) is 6.29. The highest BCUT2D eigenvalue weighted by molar-refractivity contribution is 6.31. The molecular weight excluding hydrogens is 421 g/mol. The topological polar surface area (TPSA) is 87.0 Å². The number of hydrogen-bond acceptors (Lipinski definition) is 4. The lowest BCUT2D eigenvalue weighted by Crippen LogP contribution is -2.19. The molecule has 0 atom stereocenters. The van der Waals surface area contributed by atoms with E-state index in [1.165, 1.54) is 18.3 Å². The van der Waals surface area contributed by atoms with Crippen LogP contribution in [-0.4, -0.2) is 11.0 Å². The molecule has 0 spiro atoms. The number of anilines is 2. The number of nitrogens with zero attached hydrogens (tertiary/aromatic N) is 2. The third-order valence-corrected chi connectivity index (χ3v) is 4.05. The maximum atomic E-state index is 12.9. The summed E-state index contributed by atoms with van der Waals surface area (Å²) < 4.78 is 44.3. The molecule has 0 aliphatic carbocycles. The predicted molar refractivity (Wildman–Crippen MR) is 105 cm³/mol. The van der Waals surface area contributed by atoms with Crippen LogP contribution in [-0.2, 0) is 6.18 Å². The van der Waals surface area contributed by atoms with Crippen molar-refractivity contribution in [3.63, 3.8) is 0 Å². The molecule has 3 aromatic rings. The first-order valence-corrected chi connectivity index (χ1v) is 8.71. The number of halogens is 4. The normalized spacial score (nSPS) is 10.8. The second-order valence-electron chi connectivity index (χ2n) is 5.89. The second kappa shape index (κ2) is 8.71. The molecular formula is C20H12ClF3N4O2. The molecule has 6 nitrogen and oxygen atoms in total. The number of nitriles is 1. The molecule has 10 heteroatoms. The van der Waals surface area contributed by atoms with Gasteiger partial charge in [0.2, 0.25) is 0 Å². The first-order valence-electron chi connectivity index (χ1n) is 8.33. The molecule has 0 radical (unpaired) electrons. The smallest absolute Gasteiger partial charge is 0.417 e. The first-order chi connectivity index (χ1) is 14.2. The summed E-state index contributed by atoms with van der Waals surface area (Å²) in [6, 6.07) is 13.5. The fraction of sp³-hybridized carbons (Fsp3) is 0.0500. The molecule has 0 aliphatic heterocycles. The average molecular weight is 433 g/mol. The molecule has 0 fully saturated rings. The molecule has 3 rings (SSSR count). The number of rotatable bonds is 4. The summed E-state index contributed by atoms with van der Waals surface area (Å²) in [6.07, 6.45) is -3.20. The Bertz CT molecular complexity index is 1110. The van der Waals surface area contributed by atoms with Crippen LogP contribution in [0, 0.1) is 11.3 Å². The molecule has 2 N–H and O–H groups in total. The molecule has 0 saturated heterocycles. The number of carbonyl (C=O) groups excluding carboxylic acids is 1. The summed E-state index contributed by atoms with van der Waals surface area (Å²) >= 11 is 5.56. The largest absolute Gasteiger partial charge is 0.457 e. The quantitative estimate of drug-likeness (QED) is 0.524. The summed E-state index contributed by atoms with van der Waals surface area (Å²) in [5.74, 6) is 0.867. The molecule has 0 aliphatic rings. The zero-order chi connectivity index (χ0) is 21.7. The highest BCUT2D eigenvalue weighted by Crippen LogP contribution is 2.36. The van der Waals surface area contributed by atoms with Crippen LogP contribution in [0.25, 0.3) is 0 Å². The van der Waals surface area contributed by atoms with Gasteiger partial charge in [0.15, 0.2) is 0 Å². The number of alkyl halides is 3. The Kier molecular flexibility index (Phi) is 6.09. The van der Waals surface area contributed by atoms with Gasteiger partial charge in [-0.15, -0.1) is 0 Å². The van der Waals surface area contributed by atoms with E-state index in [4.69, 9.17) is 21.6 Å². The molecule has 2 amide bonds. The van der Waals surface area contributed by atoms with Crippen molar-refractivity contribution in [2.45, 2.75) is 6.18 Å². The van der Waals surface area contributed by atoms with E-state index >= 15 is 0 Å². The van der Waals surface area contributed by atoms with Gasteiger partial charge in [0.05, 0.1) is 10.6 Å². The average Bonchev–Trinajstić information content (AvgIpc) is 2.70. The third-order valence-electron chi connectivity index (χ3n) is 3.72. The molecule has 0 bridgehead atoms. The fourth-order valence-corrected chi connectivity index (χ4v) is 2.62. The molecule has 152 valence electrons. The van der Waals surface area contributed by atoms with Crippen LogP contribution >= 0.6 is 11.6 Å². The van der Waals surface area contributed by atoms with E-state index in [0.29, 0.717) is 17.2 Å². The van der Waals surface area contributed by atoms with Gasteiger partial charge in [-0.3, -0.25) is 0 Å². The van der Waals surface area contributed by atoms with Crippen LogP contribution in [0.4, 0.5) is 29.3 Å². The van der Waals surface area contributed by atoms with Gasteiger partial charge >= 0.3 is 12.2 Å². The van der Waals surface area contributed by atoms with E-state index in [9.17, 15) is 18.0 Å². The third kappa shape index (κ3) is 5.40. The van der Waals surface area contributed by atoms with Gasteiger partial charge in [0.1, 0.15) is 23.3 Å². The van der Waals surface area contributed by atoms with Gasteiger partial charge in [-0.25, -0.2) is 9.78 Å². The summed E-state index contributed by atoms with van der Waals surface area (Å²) in [6.45, 7) is 0. The lowest BCUT2D eigenvalue weighted by atomic mass is 10.2. The lowest BCUT2D eigenvalue weighted by molar-refractivity contribution is -0.137. The molecule has 1 aromatic heterocycles.